The van der Waals surface area contributed by atoms with Crippen molar-refractivity contribution >= 4 is 11.7 Å². The Kier molecular flexibility index (Phi) is 4.89. The van der Waals surface area contributed by atoms with Crippen molar-refractivity contribution in [2.24, 2.45) is 0 Å². The highest BCUT2D eigenvalue weighted by atomic mass is 19.4. The lowest BCUT2D eigenvalue weighted by Gasteiger charge is -2.25. The van der Waals surface area contributed by atoms with Crippen LogP contribution in [0.2, 0.25) is 0 Å². The molecule has 0 fully saturated rings. The van der Waals surface area contributed by atoms with Crippen molar-refractivity contribution in [2.75, 3.05) is 19.5 Å². The fourth-order valence-electron chi connectivity index (χ4n) is 3.58. The standard InChI is InChI=1S/C21H18F3N3O3/c1-29-14-7-8-15(17(9-14)30-2)16-10-18(28)26-20-19(16)25-11-27(20)13-5-3-12(4-6-13)21(22,23)24/h3-9,11,16H,10H2,1-2H3,(H,26,28). The van der Waals surface area contributed by atoms with Crippen molar-refractivity contribution in [1.29, 1.82) is 0 Å². The normalized spacial score (nSPS) is 16.0. The van der Waals surface area contributed by atoms with Crippen molar-refractivity contribution in [1.82, 2.24) is 9.55 Å². The summed E-state index contributed by atoms with van der Waals surface area (Å²) in [6.45, 7) is 0. The van der Waals surface area contributed by atoms with Gasteiger partial charge in [-0.2, -0.15) is 13.2 Å². The van der Waals surface area contributed by atoms with Gasteiger partial charge in [0.15, 0.2) is 0 Å². The molecule has 30 heavy (non-hydrogen) atoms. The lowest BCUT2D eigenvalue weighted by atomic mass is 9.89. The Labute approximate surface area is 170 Å². The zero-order valence-corrected chi connectivity index (χ0v) is 16.2. The Balaban J connectivity index is 1.76. The summed E-state index contributed by atoms with van der Waals surface area (Å²) in [5, 5.41) is 2.79. The largest absolute Gasteiger partial charge is 0.497 e. The van der Waals surface area contributed by atoms with Crippen LogP contribution in [0.4, 0.5) is 19.0 Å². The van der Waals surface area contributed by atoms with E-state index in [0.29, 0.717) is 28.7 Å². The Morgan fingerprint density at radius 2 is 1.83 bits per heavy atom. The summed E-state index contributed by atoms with van der Waals surface area (Å²) in [7, 11) is 3.08. The van der Waals surface area contributed by atoms with E-state index in [9.17, 15) is 18.0 Å². The number of halogens is 3. The number of carbonyl (C=O) groups excluding carboxylic acids is 1. The van der Waals surface area contributed by atoms with Crippen LogP contribution in [0, 0.1) is 0 Å². The van der Waals surface area contributed by atoms with Gasteiger partial charge in [-0.25, -0.2) is 4.98 Å². The number of rotatable bonds is 4. The summed E-state index contributed by atoms with van der Waals surface area (Å²) in [5.41, 5.74) is 1.09. The Morgan fingerprint density at radius 3 is 2.47 bits per heavy atom. The van der Waals surface area contributed by atoms with Gasteiger partial charge >= 0.3 is 6.18 Å². The Hall–Kier alpha value is -3.49. The van der Waals surface area contributed by atoms with Gasteiger partial charge in [0, 0.05) is 29.7 Å². The summed E-state index contributed by atoms with van der Waals surface area (Å²) in [6.07, 6.45) is -2.77. The van der Waals surface area contributed by atoms with Crippen LogP contribution < -0.4 is 14.8 Å². The summed E-state index contributed by atoms with van der Waals surface area (Å²) in [5.74, 6) is 1.01. The Bertz CT molecular complexity index is 1090. The molecule has 0 radical (unpaired) electrons. The molecule has 0 aliphatic carbocycles. The average Bonchev–Trinajstić information content (AvgIpc) is 3.15. The predicted molar refractivity (Wildman–Crippen MR) is 103 cm³/mol. The maximum absolute atomic E-state index is 12.9. The number of benzene rings is 2. The van der Waals surface area contributed by atoms with Crippen LogP contribution in [0.5, 0.6) is 11.5 Å². The third-order valence-corrected chi connectivity index (χ3v) is 5.06. The highest BCUT2D eigenvalue weighted by Gasteiger charge is 2.33. The summed E-state index contributed by atoms with van der Waals surface area (Å²) < 4.78 is 50.8. The fraction of sp³-hybridized carbons (Fsp3) is 0.238. The summed E-state index contributed by atoms with van der Waals surface area (Å²) in [6, 6.07) is 10.0. The number of methoxy groups -OCH3 is 2. The van der Waals surface area contributed by atoms with Gasteiger partial charge in [0.2, 0.25) is 5.91 Å². The van der Waals surface area contributed by atoms with Crippen molar-refractivity contribution in [3.8, 4) is 17.2 Å². The van der Waals surface area contributed by atoms with E-state index in [1.54, 1.807) is 23.8 Å². The Morgan fingerprint density at radius 1 is 1.10 bits per heavy atom. The molecule has 2 heterocycles. The molecule has 6 nitrogen and oxygen atoms in total. The van der Waals surface area contributed by atoms with Crippen molar-refractivity contribution in [2.45, 2.75) is 18.5 Å². The fourth-order valence-corrected chi connectivity index (χ4v) is 3.58. The molecular weight excluding hydrogens is 399 g/mol. The number of fused-ring (bicyclic) bond motifs is 1. The number of imidazole rings is 1. The zero-order valence-electron chi connectivity index (χ0n) is 16.2. The minimum atomic E-state index is -4.42. The van der Waals surface area contributed by atoms with E-state index in [-0.39, 0.29) is 18.2 Å². The molecule has 1 N–H and O–H groups in total. The number of alkyl halides is 3. The van der Waals surface area contributed by atoms with Gasteiger partial charge in [0.25, 0.3) is 0 Å². The molecule has 0 spiro atoms. The van der Waals surface area contributed by atoms with E-state index in [2.05, 4.69) is 10.3 Å². The maximum Gasteiger partial charge on any atom is 0.416 e. The van der Waals surface area contributed by atoms with E-state index in [0.717, 1.165) is 17.7 Å². The molecule has 0 saturated heterocycles. The number of nitrogens with zero attached hydrogens (tertiary/aromatic N) is 2. The van der Waals surface area contributed by atoms with E-state index in [1.807, 2.05) is 6.07 Å². The van der Waals surface area contributed by atoms with Crippen molar-refractivity contribution < 1.29 is 27.4 Å². The van der Waals surface area contributed by atoms with E-state index in [4.69, 9.17) is 9.47 Å². The number of aromatic nitrogens is 2. The third-order valence-electron chi connectivity index (χ3n) is 5.06. The molecular formula is C21H18F3N3O3. The quantitative estimate of drug-likeness (QED) is 0.684. The highest BCUT2D eigenvalue weighted by molar-refractivity contribution is 5.94. The second kappa shape index (κ2) is 7.40. The van der Waals surface area contributed by atoms with E-state index in [1.165, 1.54) is 25.6 Å². The first-order chi connectivity index (χ1) is 14.3. The van der Waals surface area contributed by atoms with Crippen LogP contribution in [0.15, 0.2) is 48.8 Å². The van der Waals surface area contributed by atoms with E-state index < -0.39 is 11.7 Å². The molecule has 1 aliphatic heterocycles. The van der Waals surface area contributed by atoms with Gasteiger partial charge in [0.1, 0.15) is 23.6 Å². The smallest absolute Gasteiger partial charge is 0.416 e. The van der Waals surface area contributed by atoms with Crippen molar-refractivity contribution in [3.63, 3.8) is 0 Å². The maximum atomic E-state index is 12.9. The van der Waals surface area contributed by atoms with E-state index >= 15 is 0 Å². The lowest BCUT2D eigenvalue weighted by molar-refractivity contribution is -0.137. The molecule has 156 valence electrons. The highest BCUT2D eigenvalue weighted by Crippen LogP contribution is 2.42. The van der Waals surface area contributed by atoms with Gasteiger partial charge in [0.05, 0.1) is 25.5 Å². The van der Waals surface area contributed by atoms with Gasteiger partial charge < -0.3 is 14.8 Å². The lowest BCUT2D eigenvalue weighted by Crippen LogP contribution is -2.25. The van der Waals surface area contributed by atoms with Crippen LogP contribution in [0.3, 0.4) is 0 Å². The minimum absolute atomic E-state index is 0.166. The first-order valence-corrected chi connectivity index (χ1v) is 9.08. The number of amides is 1. The van der Waals surface area contributed by atoms with Gasteiger partial charge in [-0.05, 0) is 30.3 Å². The molecule has 1 amide bonds. The summed E-state index contributed by atoms with van der Waals surface area (Å²) in [4.78, 5) is 16.9. The van der Waals surface area contributed by atoms with Gasteiger partial charge in [-0.1, -0.05) is 6.07 Å². The molecule has 4 rings (SSSR count). The molecule has 1 aromatic heterocycles. The van der Waals surface area contributed by atoms with Crippen molar-refractivity contribution in [3.05, 3.63) is 65.6 Å². The molecule has 1 atom stereocenters. The van der Waals surface area contributed by atoms with Crippen LogP contribution in [0.1, 0.15) is 29.2 Å². The second-order valence-electron chi connectivity index (χ2n) is 6.81. The molecule has 1 aliphatic rings. The molecule has 0 bridgehead atoms. The van der Waals surface area contributed by atoms with Crippen LogP contribution >= 0.6 is 0 Å². The average molecular weight is 417 g/mol. The number of ether oxygens (including phenoxy) is 2. The van der Waals surface area contributed by atoms with Crippen LogP contribution in [0.25, 0.3) is 5.69 Å². The topological polar surface area (TPSA) is 65.4 Å². The number of hydrogen-bond donors (Lipinski definition) is 1. The molecule has 9 heteroatoms. The van der Waals surface area contributed by atoms with Gasteiger partial charge in [-0.15, -0.1) is 0 Å². The van der Waals surface area contributed by atoms with Crippen LogP contribution in [-0.4, -0.2) is 29.7 Å². The first-order valence-electron chi connectivity index (χ1n) is 9.08. The zero-order chi connectivity index (χ0) is 21.5. The first kappa shape index (κ1) is 19.8. The number of hydrogen-bond acceptors (Lipinski definition) is 4. The predicted octanol–water partition coefficient (Wildman–Crippen LogP) is 4.38. The molecule has 0 saturated carbocycles. The molecule has 1 unspecified atom stereocenters. The summed E-state index contributed by atoms with van der Waals surface area (Å²) >= 11 is 0. The second-order valence-corrected chi connectivity index (χ2v) is 6.81. The molecule has 2 aromatic carbocycles. The monoisotopic (exact) mass is 417 g/mol. The SMILES string of the molecule is COc1ccc(C2CC(=O)Nc3c2ncn3-c2ccc(C(F)(F)F)cc2)c(OC)c1. The van der Waals surface area contributed by atoms with Gasteiger partial charge in [-0.3, -0.25) is 9.36 Å². The number of carbonyl (C=O) groups is 1. The minimum Gasteiger partial charge on any atom is -0.497 e. The molecule has 3 aromatic rings. The number of anilines is 1. The third kappa shape index (κ3) is 3.47. The number of nitrogens with one attached hydrogen (secondary N) is 1. The van der Waals surface area contributed by atoms with Crippen LogP contribution in [-0.2, 0) is 11.0 Å².